The van der Waals surface area contributed by atoms with Gasteiger partial charge in [0.1, 0.15) is 24.0 Å². The van der Waals surface area contributed by atoms with Crippen LogP contribution in [-0.4, -0.2) is 63.3 Å². The molecule has 0 aliphatic carbocycles. The van der Waals surface area contributed by atoms with Crippen molar-refractivity contribution < 1.29 is 23.9 Å². The Morgan fingerprint density at radius 3 is 2.74 bits per heavy atom. The summed E-state index contributed by atoms with van der Waals surface area (Å²) < 4.78 is 21.2. The first kappa shape index (κ1) is 26.1. The monoisotopic (exact) mass is 489 g/mol. The minimum Gasteiger partial charge on any atom is -0.508 e. The molecule has 3 atom stereocenters. The van der Waals surface area contributed by atoms with E-state index in [1.165, 1.54) is 12.8 Å². The molecule has 0 spiro atoms. The fraction of sp³-hybridized carbons (Fsp3) is 0.560. The van der Waals surface area contributed by atoms with Gasteiger partial charge in [-0.25, -0.2) is 0 Å². The highest BCUT2D eigenvalue weighted by Crippen LogP contribution is 2.31. The molecule has 34 heavy (non-hydrogen) atoms. The van der Waals surface area contributed by atoms with Crippen molar-refractivity contribution in [3.63, 3.8) is 0 Å². The van der Waals surface area contributed by atoms with E-state index in [0.717, 1.165) is 54.4 Å². The fourth-order valence-corrected chi connectivity index (χ4v) is 4.60. The number of likely N-dealkylation sites (N-methyl/N-ethyl adjacent to an activating group) is 1. The third kappa shape index (κ3) is 7.01. The molecule has 1 aromatic carbocycles. The molecule has 2 heterocycles. The average Bonchev–Trinajstić information content (AvgIpc) is 3.29. The minimum absolute atomic E-state index is 0.181. The molecule has 0 bridgehead atoms. The maximum Gasteiger partial charge on any atom is 0.327 e. The van der Waals surface area contributed by atoms with Crippen molar-refractivity contribution in [3.05, 3.63) is 41.6 Å². The van der Waals surface area contributed by atoms with Gasteiger partial charge in [0, 0.05) is 18.9 Å². The van der Waals surface area contributed by atoms with Crippen LogP contribution in [-0.2, 0) is 16.0 Å². The largest absolute Gasteiger partial charge is 0.508 e. The molecule has 1 aromatic heterocycles. The predicted molar refractivity (Wildman–Crippen MR) is 133 cm³/mol. The lowest BCUT2D eigenvalue weighted by molar-refractivity contribution is -0.944. The number of carbonyl (C=O) groups is 1. The lowest BCUT2D eigenvalue weighted by Crippen LogP contribution is -2.56. The van der Waals surface area contributed by atoms with E-state index in [1.807, 2.05) is 6.92 Å². The fourth-order valence-electron chi connectivity index (χ4n) is 4.07. The second kappa shape index (κ2) is 12.3. The molecule has 8 nitrogen and oxygen atoms in total. The van der Waals surface area contributed by atoms with E-state index in [2.05, 4.69) is 28.8 Å². The number of esters is 1. The molecule has 3 N–H and O–H groups in total. The highest BCUT2D eigenvalue weighted by molar-refractivity contribution is 6.99. The standard InChI is InChI=1S/C25H36N4O4S/c1-4-5-6-7-15-32-24-23(27-34-28-24)20-9-8-14-29(3,17-20)18(2)33-25(31)22(26)16-19-10-12-21(30)13-11-19/h9-13,18,22H,4-8,14-17,26H2,1-3H3/p+1/t18-,22+,29?/m1/s1. The van der Waals surface area contributed by atoms with Crippen LogP contribution in [0, 0.1) is 0 Å². The average molecular weight is 490 g/mol. The SMILES string of the molecule is CCCCCCOc1nsnc1C1=CCC[N+](C)([C@@H](C)OC(=O)[C@@H](N)Cc2ccc(O)cc2)C1. The summed E-state index contributed by atoms with van der Waals surface area (Å²) >= 11 is 1.16. The molecule has 9 heteroatoms. The van der Waals surface area contributed by atoms with Crippen molar-refractivity contribution in [2.75, 3.05) is 26.7 Å². The zero-order chi connectivity index (χ0) is 24.6. The lowest BCUT2D eigenvalue weighted by Gasteiger charge is -2.41. The summed E-state index contributed by atoms with van der Waals surface area (Å²) in [6.45, 7) is 6.26. The number of hydrogen-bond donors (Lipinski definition) is 2. The topological polar surface area (TPSA) is 108 Å². The summed E-state index contributed by atoms with van der Waals surface area (Å²) in [6.07, 6.45) is 7.58. The van der Waals surface area contributed by atoms with Crippen molar-refractivity contribution in [1.29, 1.82) is 0 Å². The van der Waals surface area contributed by atoms with Crippen LogP contribution in [0.2, 0.25) is 0 Å². The van der Waals surface area contributed by atoms with Crippen molar-refractivity contribution in [2.24, 2.45) is 5.73 Å². The number of quaternary nitrogens is 1. The van der Waals surface area contributed by atoms with Gasteiger partial charge in [0.25, 0.3) is 5.88 Å². The third-order valence-corrected chi connectivity index (χ3v) is 6.93. The molecular formula is C25H37N4O4S+. The van der Waals surface area contributed by atoms with E-state index in [9.17, 15) is 9.90 Å². The zero-order valence-corrected chi connectivity index (χ0v) is 21.2. The Bertz CT molecular complexity index is 962. The van der Waals surface area contributed by atoms with Crippen molar-refractivity contribution >= 4 is 23.3 Å². The zero-order valence-electron chi connectivity index (χ0n) is 20.4. The number of phenolic OH excluding ortho intramolecular Hbond substituents is 1. The van der Waals surface area contributed by atoms with Crippen LogP contribution in [0.5, 0.6) is 11.6 Å². The molecule has 1 unspecified atom stereocenters. The number of carbonyl (C=O) groups excluding carboxylic acids is 1. The number of nitrogens with zero attached hydrogens (tertiary/aromatic N) is 3. The highest BCUT2D eigenvalue weighted by Gasteiger charge is 2.37. The van der Waals surface area contributed by atoms with Gasteiger partial charge in [-0.15, -0.1) is 4.37 Å². The van der Waals surface area contributed by atoms with E-state index < -0.39 is 12.0 Å². The highest BCUT2D eigenvalue weighted by atomic mass is 32.1. The Morgan fingerprint density at radius 1 is 1.24 bits per heavy atom. The summed E-state index contributed by atoms with van der Waals surface area (Å²) in [5.74, 6) is 0.351. The van der Waals surface area contributed by atoms with Crippen molar-refractivity contribution in [2.45, 2.75) is 64.6 Å². The predicted octanol–water partition coefficient (Wildman–Crippen LogP) is 3.90. The number of ether oxygens (including phenoxy) is 2. The van der Waals surface area contributed by atoms with Gasteiger partial charge in [-0.3, -0.25) is 9.28 Å². The van der Waals surface area contributed by atoms with Gasteiger partial charge in [0.15, 0.2) is 0 Å². The molecule has 1 aliphatic heterocycles. The van der Waals surface area contributed by atoms with E-state index in [-0.39, 0.29) is 12.0 Å². The third-order valence-electron chi connectivity index (χ3n) is 6.42. The Morgan fingerprint density at radius 2 is 2.00 bits per heavy atom. The number of phenols is 1. The maximum atomic E-state index is 12.7. The van der Waals surface area contributed by atoms with Gasteiger partial charge in [-0.2, -0.15) is 4.37 Å². The Kier molecular flexibility index (Phi) is 9.44. The van der Waals surface area contributed by atoms with Crippen LogP contribution in [0.3, 0.4) is 0 Å². The van der Waals surface area contributed by atoms with Crippen LogP contribution in [0.15, 0.2) is 30.3 Å². The number of aromatic hydroxyl groups is 1. The molecule has 0 amide bonds. The van der Waals surface area contributed by atoms with Crippen LogP contribution in [0.25, 0.3) is 5.57 Å². The second-order valence-corrected chi connectivity index (χ2v) is 9.75. The van der Waals surface area contributed by atoms with Gasteiger partial charge < -0.3 is 20.3 Å². The molecule has 186 valence electrons. The lowest BCUT2D eigenvalue weighted by atomic mass is 10.0. The van der Waals surface area contributed by atoms with E-state index in [0.29, 0.717) is 29.9 Å². The normalized spacial score (nSPS) is 19.8. The summed E-state index contributed by atoms with van der Waals surface area (Å²) in [5.41, 5.74) is 8.86. The van der Waals surface area contributed by atoms with E-state index in [4.69, 9.17) is 15.2 Å². The van der Waals surface area contributed by atoms with Gasteiger partial charge in [-0.05, 0) is 30.5 Å². The Hall–Kier alpha value is -2.49. The number of aromatic nitrogens is 2. The first-order chi connectivity index (χ1) is 16.3. The molecule has 2 aromatic rings. The summed E-state index contributed by atoms with van der Waals surface area (Å²) in [5, 5.41) is 9.43. The van der Waals surface area contributed by atoms with Crippen molar-refractivity contribution in [3.8, 4) is 11.6 Å². The van der Waals surface area contributed by atoms with Crippen LogP contribution >= 0.6 is 11.7 Å². The van der Waals surface area contributed by atoms with Gasteiger partial charge in [0.2, 0.25) is 6.23 Å². The molecule has 0 fully saturated rings. The first-order valence-corrected chi connectivity index (χ1v) is 12.8. The molecule has 3 rings (SSSR count). The van der Waals surface area contributed by atoms with Gasteiger partial charge in [-0.1, -0.05) is 44.4 Å². The number of hydrogen-bond acceptors (Lipinski definition) is 8. The Labute approximate surface area is 206 Å². The van der Waals surface area contributed by atoms with E-state index in [1.54, 1.807) is 24.3 Å². The van der Waals surface area contributed by atoms with Crippen LogP contribution in [0.1, 0.15) is 57.2 Å². The van der Waals surface area contributed by atoms with E-state index >= 15 is 0 Å². The minimum atomic E-state index is -0.770. The molecular weight excluding hydrogens is 452 g/mol. The summed E-state index contributed by atoms with van der Waals surface area (Å²) in [7, 11) is 2.08. The molecule has 0 radical (unpaired) electrons. The first-order valence-electron chi connectivity index (χ1n) is 12.1. The summed E-state index contributed by atoms with van der Waals surface area (Å²) in [6, 6.07) is 5.91. The number of unbranched alkanes of at least 4 members (excludes halogenated alkanes) is 3. The number of rotatable bonds is 12. The second-order valence-electron chi connectivity index (χ2n) is 9.22. The summed E-state index contributed by atoms with van der Waals surface area (Å²) in [4.78, 5) is 12.7. The van der Waals surface area contributed by atoms with Gasteiger partial charge >= 0.3 is 5.97 Å². The maximum absolute atomic E-state index is 12.7. The molecule has 1 aliphatic rings. The van der Waals surface area contributed by atoms with Crippen LogP contribution < -0.4 is 10.5 Å². The van der Waals surface area contributed by atoms with Crippen LogP contribution in [0.4, 0.5) is 0 Å². The van der Waals surface area contributed by atoms with Gasteiger partial charge in [0.05, 0.1) is 31.9 Å². The Balaban J connectivity index is 1.57. The van der Waals surface area contributed by atoms with Crippen molar-refractivity contribution in [1.82, 2.24) is 8.75 Å². The molecule has 0 saturated carbocycles. The smallest absolute Gasteiger partial charge is 0.327 e. The quantitative estimate of drug-likeness (QED) is 0.264. The number of benzene rings is 1. The molecule has 0 saturated heterocycles. The number of nitrogens with two attached hydrogens (primary N) is 1.